The molecule has 0 aromatic heterocycles. The summed E-state index contributed by atoms with van der Waals surface area (Å²) in [7, 11) is 0. The average Bonchev–Trinajstić information content (AvgIpc) is 2.40. The first-order valence-electron chi connectivity index (χ1n) is 6.06. The molecule has 0 aliphatic heterocycles. The summed E-state index contributed by atoms with van der Waals surface area (Å²) >= 11 is 0. The van der Waals surface area contributed by atoms with Crippen LogP contribution >= 0.6 is 0 Å². The topological polar surface area (TPSA) is 17.1 Å². The number of rotatable bonds is 4. The van der Waals surface area contributed by atoms with E-state index in [1.807, 2.05) is 60.7 Å². The van der Waals surface area contributed by atoms with Crippen molar-refractivity contribution < 1.29 is 4.79 Å². The minimum absolute atomic E-state index is 0.182. The first kappa shape index (κ1) is 12.3. The molecule has 0 atom stereocenters. The van der Waals surface area contributed by atoms with E-state index in [2.05, 4.69) is 6.08 Å². The first-order valence-corrected chi connectivity index (χ1v) is 6.06. The highest BCUT2D eigenvalue weighted by Gasteiger charge is 2.04. The van der Waals surface area contributed by atoms with Gasteiger partial charge in [-0.15, -0.1) is 0 Å². The zero-order valence-electron chi connectivity index (χ0n) is 10.5. The van der Waals surface area contributed by atoms with Crippen molar-refractivity contribution in [3.05, 3.63) is 71.8 Å². The summed E-state index contributed by atoms with van der Waals surface area (Å²) < 4.78 is 0. The van der Waals surface area contributed by atoms with Crippen molar-refractivity contribution in [2.24, 2.45) is 0 Å². The molecule has 2 aromatic rings. The molecule has 2 rings (SSSR count). The zero-order valence-corrected chi connectivity index (χ0v) is 10.5. The first-order chi connectivity index (χ1) is 8.75. The van der Waals surface area contributed by atoms with Crippen LogP contribution in [0.4, 0.5) is 0 Å². The molecule has 0 N–H and O–H groups in total. The van der Waals surface area contributed by atoms with Gasteiger partial charge in [0.2, 0.25) is 0 Å². The van der Waals surface area contributed by atoms with Gasteiger partial charge in [-0.25, -0.2) is 0 Å². The van der Waals surface area contributed by atoms with Gasteiger partial charge in [0.05, 0.1) is 0 Å². The van der Waals surface area contributed by atoms with Crippen LogP contribution in [0.1, 0.15) is 24.5 Å². The van der Waals surface area contributed by atoms with Crippen LogP contribution in [-0.2, 0) is 4.79 Å². The highest BCUT2D eigenvalue weighted by molar-refractivity contribution is 5.94. The number of allylic oxidation sites excluding steroid dienone is 1. The van der Waals surface area contributed by atoms with Crippen molar-refractivity contribution in [1.82, 2.24) is 0 Å². The quantitative estimate of drug-likeness (QED) is 0.727. The molecule has 0 aliphatic rings. The molecule has 2 aromatic carbocycles. The summed E-state index contributed by atoms with van der Waals surface area (Å²) in [4.78, 5) is 11.4. The summed E-state index contributed by atoms with van der Waals surface area (Å²) in [6.07, 6.45) is 2.55. The van der Waals surface area contributed by atoms with Gasteiger partial charge in [0.15, 0.2) is 0 Å². The fourth-order valence-corrected chi connectivity index (χ4v) is 1.91. The van der Waals surface area contributed by atoms with Crippen LogP contribution in [0.2, 0.25) is 0 Å². The van der Waals surface area contributed by atoms with Gasteiger partial charge in [-0.2, -0.15) is 0 Å². The van der Waals surface area contributed by atoms with Gasteiger partial charge in [-0.05, 0) is 23.6 Å². The van der Waals surface area contributed by atoms with E-state index >= 15 is 0 Å². The van der Waals surface area contributed by atoms with E-state index in [1.54, 1.807) is 6.92 Å². The lowest BCUT2D eigenvalue weighted by Crippen LogP contribution is -1.93. The molecular formula is C17H16O. The molecule has 0 spiro atoms. The molecule has 90 valence electrons. The minimum atomic E-state index is 0.182. The van der Waals surface area contributed by atoms with Crippen molar-refractivity contribution in [1.29, 1.82) is 0 Å². The van der Waals surface area contributed by atoms with E-state index in [0.29, 0.717) is 6.42 Å². The van der Waals surface area contributed by atoms with Crippen molar-refractivity contribution >= 4 is 17.4 Å². The second-order valence-electron chi connectivity index (χ2n) is 4.33. The normalized spacial score (nSPS) is 11.3. The Kier molecular flexibility index (Phi) is 4.08. The van der Waals surface area contributed by atoms with E-state index in [-0.39, 0.29) is 5.78 Å². The lowest BCUT2D eigenvalue weighted by molar-refractivity contribution is -0.116. The molecule has 18 heavy (non-hydrogen) atoms. The molecule has 0 heterocycles. The maximum Gasteiger partial charge on any atom is 0.134 e. The van der Waals surface area contributed by atoms with Crippen molar-refractivity contribution in [3.8, 4) is 0 Å². The summed E-state index contributed by atoms with van der Waals surface area (Å²) in [5, 5.41) is 0. The Bertz CT molecular complexity index is 538. The monoisotopic (exact) mass is 236 g/mol. The summed E-state index contributed by atoms with van der Waals surface area (Å²) in [5.41, 5.74) is 3.29. The number of carbonyl (C=O) groups excluding carboxylic acids is 1. The van der Waals surface area contributed by atoms with Crippen LogP contribution < -0.4 is 0 Å². The van der Waals surface area contributed by atoms with Crippen LogP contribution in [0.15, 0.2) is 60.7 Å². The molecule has 1 nitrogen and oxygen atoms in total. The number of carbonyl (C=O) groups is 1. The van der Waals surface area contributed by atoms with E-state index in [0.717, 1.165) is 16.7 Å². The second-order valence-corrected chi connectivity index (χ2v) is 4.33. The van der Waals surface area contributed by atoms with Crippen LogP contribution in [0.5, 0.6) is 0 Å². The van der Waals surface area contributed by atoms with Gasteiger partial charge in [-0.3, -0.25) is 4.79 Å². The van der Waals surface area contributed by atoms with E-state index in [9.17, 15) is 4.79 Å². The molecule has 1 heteroatoms. The predicted octanol–water partition coefficient (Wildman–Crippen LogP) is 4.21. The van der Waals surface area contributed by atoms with E-state index < -0.39 is 0 Å². The fraction of sp³-hybridized carbons (Fsp3) is 0.118. The van der Waals surface area contributed by atoms with Crippen LogP contribution in [0.3, 0.4) is 0 Å². The van der Waals surface area contributed by atoms with Gasteiger partial charge < -0.3 is 0 Å². The maximum absolute atomic E-state index is 11.4. The molecule has 0 saturated carbocycles. The molecule has 0 saturated heterocycles. The van der Waals surface area contributed by atoms with Gasteiger partial charge in [0.1, 0.15) is 5.78 Å². The lowest BCUT2D eigenvalue weighted by atomic mass is 9.98. The minimum Gasteiger partial charge on any atom is -0.300 e. The summed E-state index contributed by atoms with van der Waals surface area (Å²) in [6, 6.07) is 20.1. The Hall–Kier alpha value is -2.15. The highest BCUT2D eigenvalue weighted by atomic mass is 16.1. The van der Waals surface area contributed by atoms with Gasteiger partial charge >= 0.3 is 0 Å². The summed E-state index contributed by atoms with van der Waals surface area (Å²) in [6.45, 7) is 1.63. The van der Waals surface area contributed by atoms with Gasteiger partial charge in [-0.1, -0.05) is 66.7 Å². The van der Waals surface area contributed by atoms with Crippen LogP contribution in [-0.4, -0.2) is 5.78 Å². The number of ketones is 1. The third kappa shape index (κ3) is 3.42. The smallest absolute Gasteiger partial charge is 0.134 e. The van der Waals surface area contributed by atoms with Gasteiger partial charge in [0, 0.05) is 6.42 Å². The Morgan fingerprint density at radius 3 is 2.06 bits per heavy atom. The fourth-order valence-electron chi connectivity index (χ4n) is 1.91. The van der Waals surface area contributed by atoms with E-state index in [1.165, 1.54) is 0 Å². The second kappa shape index (κ2) is 5.97. The van der Waals surface area contributed by atoms with Crippen LogP contribution in [0.25, 0.3) is 11.6 Å². The largest absolute Gasteiger partial charge is 0.300 e. The molecule has 0 amide bonds. The Morgan fingerprint density at radius 1 is 0.944 bits per heavy atom. The standard InChI is InChI=1S/C17H16O/c1-14(18)12-17(16-10-6-3-7-11-16)13-15-8-4-2-5-9-15/h2-11,13H,12H2,1H3. The third-order valence-electron chi connectivity index (χ3n) is 2.72. The number of hydrogen-bond donors (Lipinski definition) is 0. The Morgan fingerprint density at radius 2 is 1.50 bits per heavy atom. The van der Waals surface area contributed by atoms with E-state index in [4.69, 9.17) is 0 Å². The third-order valence-corrected chi connectivity index (χ3v) is 2.72. The van der Waals surface area contributed by atoms with Crippen molar-refractivity contribution in [2.45, 2.75) is 13.3 Å². The van der Waals surface area contributed by atoms with Crippen molar-refractivity contribution in [2.75, 3.05) is 0 Å². The Balaban J connectivity index is 2.37. The maximum atomic E-state index is 11.4. The summed E-state index contributed by atoms with van der Waals surface area (Å²) in [5.74, 6) is 0.182. The number of hydrogen-bond acceptors (Lipinski definition) is 1. The predicted molar refractivity (Wildman–Crippen MR) is 76.1 cm³/mol. The molecule has 0 fully saturated rings. The lowest BCUT2D eigenvalue weighted by Gasteiger charge is -2.06. The molecule has 0 bridgehead atoms. The molecule has 0 aliphatic carbocycles. The Labute approximate surface area is 108 Å². The molecule has 0 radical (unpaired) electrons. The van der Waals surface area contributed by atoms with Gasteiger partial charge in [0.25, 0.3) is 0 Å². The number of benzene rings is 2. The van der Waals surface area contributed by atoms with Crippen LogP contribution in [0, 0.1) is 0 Å². The van der Waals surface area contributed by atoms with Crippen molar-refractivity contribution in [3.63, 3.8) is 0 Å². The molecule has 0 unspecified atom stereocenters. The molecular weight excluding hydrogens is 220 g/mol. The average molecular weight is 236 g/mol. The number of Topliss-reactive ketones (excluding diaryl/α,β-unsaturated/α-hetero) is 1. The highest BCUT2D eigenvalue weighted by Crippen LogP contribution is 2.21. The SMILES string of the molecule is CC(=O)CC(=Cc1ccccc1)c1ccccc1. The zero-order chi connectivity index (χ0) is 12.8.